The molecule has 0 fully saturated rings. The Morgan fingerprint density at radius 1 is 1.14 bits per heavy atom. The number of phenolic OH excluding ortho intramolecular Hbond substituents is 1. The molecule has 1 heterocycles. The summed E-state index contributed by atoms with van der Waals surface area (Å²) >= 11 is 0. The summed E-state index contributed by atoms with van der Waals surface area (Å²) in [5, 5.41) is 12.7. The highest BCUT2D eigenvalue weighted by Gasteiger charge is 2.25. The molecule has 0 unspecified atom stereocenters. The van der Waals surface area contributed by atoms with Crippen molar-refractivity contribution < 1.29 is 19.4 Å². The maximum Gasteiger partial charge on any atom is 0.237 e. The van der Waals surface area contributed by atoms with Crippen LogP contribution in [0.2, 0.25) is 0 Å². The fourth-order valence-electron chi connectivity index (χ4n) is 3.58. The molecule has 0 saturated carbocycles. The molecule has 1 atom stereocenters. The lowest BCUT2D eigenvalue weighted by atomic mass is 9.98. The Morgan fingerprint density at radius 3 is 2.68 bits per heavy atom. The highest BCUT2D eigenvalue weighted by atomic mass is 16.5. The summed E-state index contributed by atoms with van der Waals surface area (Å²) in [5.41, 5.74) is 3.42. The lowest BCUT2D eigenvalue weighted by Gasteiger charge is -2.33. The summed E-state index contributed by atoms with van der Waals surface area (Å²) < 4.78 is 10.6. The van der Waals surface area contributed by atoms with Crippen LogP contribution in [0.15, 0.2) is 36.4 Å². The van der Waals surface area contributed by atoms with E-state index in [0.717, 1.165) is 30.5 Å². The van der Waals surface area contributed by atoms with Gasteiger partial charge in [-0.25, -0.2) is 0 Å². The Balaban J connectivity index is 1.52. The zero-order valence-corrected chi connectivity index (χ0v) is 16.7. The van der Waals surface area contributed by atoms with E-state index in [9.17, 15) is 9.90 Å². The second-order valence-corrected chi connectivity index (χ2v) is 7.08. The molecule has 0 saturated heterocycles. The van der Waals surface area contributed by atoms with Crippen LogP contribution in [0.4, 0.5) is 0 Å². The molecule has 3 rings (SSSR count). The Bertz CT molecular complexity index is 837. The van der Waals surface area contributed by atoms with E-state index in [2.05, 4.69) is 10.2 Å². The van der Waals surface area contributed by atoms with E-state index in [4.69, 9.17) is 9.47 Å². The summed E-state index contributed by atoms with van der Waals surface area (Å²) in [6, 6.07) is 11.0. The number of benzene rings is 2. The standard InChI is InChI=1S/C22H28N2O4/c1-15(24-11-9-17-5-6-19(25)13-18(17)14-24)22(26)23-10-8-16-4-7-20(27-2)21(12-16)28-3/h4-7,12-13,15,25H,8-11,14H2,1-3H3,(H,23,26)/t15-/m0/s1. The van der Waals surface area contributed by atoms with Gasteiger partial charge >= 0.3 is 0 Å². The maximum atomic E-state index is 12.6. The number of hydrogen-bond acceptors (Lipinski definition) is 5. The molecule has 1 aliphatic rings. The molecule has 1 amide bonds. The van der Waals surface area contributed by atoms with Crippen molar-refractivity contribution in [3.05, 3.63) is 53.1 Å². The summed E-state index contributed by atoms with van der Waals surface area (Å²) in [6.07, 6.45) is 1.61. The monoisotopic (exact) mass is 384 g/mol. The number of fused-ring (bicyclic) bond motifs is 1. The molecular formula is C22H28N2O4. The van der Waals surface area contributed by atoms with Crippen LogP contribution in [0, 0.1) is 0 Å². The molecule has 0 aromatic heterocycles. The van der Waals surface area contributed by atoms with Gasteiger partial charge in [-0.1, -0.05) is 12.1 Å². The number of amides is 1. The SMILES string of the molecule is COc1ccc(CCNC(=O)[C@H](C)N2CCc3ccc(O)cc3C2)cc1OC. The van der Waals surface area contributed by atoms with Crippen LogP contribution in [0.25, 0.3) is 0 Å². The van der Waals surface area contributed by atoms with Crippen molar-refractivity contribution in [3.8, 4) is 17.2 Å². The number of rotatable bonds is 7. The number of methoxy groups -OCH3 is 2. The molecule has 0 radical (unpaired) electrons. The number of carbonyl (C=O) groups excluding carboxylic acids is 1. The minimum atomic E-state index is -0.221. The van der Waals surface area contributed by atoms with Gasteiger partial charge in [-0.05, 0) is 60.7 Å². The van der Waals surface area contributed by atoms with Crippen LogP contribution in [0.3, 0.4) is 0 Å². The number of phenols is 1. The summed E-state index contributed by atoms with van der Waals surface area (Å²) in [5.74, 6) is 1.67. The lowest BCUT2D eigenvalue weighted by molar-refractivity contribution is -0.126. The van der Waals surface area contributed by atoms with Crippen LogP contribution in [-0.2, 0) is 24.2 Å². The average molecular weight is 384 g/mol. The van der Waals surface area contributed by atoms with Crippen molar-refractivity contribution in [1.82, 2.24) is 10.2 Å². The van der Waals surface area contributed by atoms with Crippen molar-refractivity contribution in [2.45, 2.75) is 32.4 Å². The van der Waals surface area contributed by atoms with Gasteiger partial charge in [0.05, 0.1) is 20.3 Å². The minimum absolute atomic E-state index is 0.0177. The first kappa shape index (κ1) is 20.0. The number of nitrogens with one attached hydrogen (secondary N) is 1. The van der Waals surface area contributed by atoms with E-state index in [1.54, 1.807) is 26.4 Å². The fraction of sp³-hybridized carbons (Fsp3) is 0.409. The molecule has 28 heavy (non-hydrogen) atoms. The van der Waals surface area contributed by atoms with E-state index in [0.29, 0.717) is 24.6 Å². The second-order valence-electron chi connectivity index (χ2n) is 7.08. The van der Waals surface area contributed by atoms with Crippen LogP contribution < -0.4 is 14.8 Å². The largest absolute Gasteiger partial charge is 0.508 e. The van der Waals surface area contributed by atoms with Crippen LogP contribution in [-0.4, -0.2) is 49.3 Å². The number of aromatic hydroxyl groups is 1. The molecule has 2 aromatic rings. The Hall–Kier alpha value is -2.73. The zero-order chi connectivity index (χ0) is 20.1. The fourth-order valence-corrected chi connectivity index (χ4v) is 3.58. The molecule has 1 aliphatic heterocycles. The van der Waals surface area contributed by atoms with E-state index in [1.165, 1.54) is 5.56 Å². The van der Waals surface area contributed by atoms with Gasteiger partial charge in [0.15, 0.2) is 11.5 Å². The van der Waals surface area contributed by atoms with Gasteiger partial charge in [0.1, 0.15) is 5.75 Å². The lowest BCUT2D eigenvalue weighted by Crippen LogP contribution is -2.47. The van der Waals surface area contributed by atoms with E-state index in [1.807, 2.05) is 31.2 Å². The van der Waals surface area contributed by atoms with Gasteiger partial charge in [0.2, 0.25) is 5.91 Å². The molecule has 6 heteroatoms. The predicted molar refractivity (Wildman–Crippen MR) is 108 cm³/mol. The molecule has 0 spiro atoms. The smallest absolute Gasteiger partial charge is 0.237 e. The molecule has 150 valence electrons. The van der Waals surface area contributed by atoms with E-state index >= 15 is 0 Å². The van der Waals surface area contributed by atoms with Crippen LogP contribution in [0.1, 0.15) is 23.6 Å². The van der Waals surface area contributed by atoms with Gasteiger partial charge in [-0.2, -0.15) is 0 Å². The van der Waals surface area contributed by atoms with Crippen molar-refractivity contribution in [2.24, 2.45) is 0 Å². The summed E-state index contributed by atoms with van der Waals surface area (Å²) in [7, 11) is 3.22. The van der Waals surface area contributed by atoms with Crippen molar-refractivity contribution in [2.75, 3.05) is 27.3 Å². The van der Waals surface area contributed by atoms with E-state index < -0.39 is 0 Å². The van der Waals surface area contributed by atoms with Gasteiger partial charge in [-0.15, -0.1) is 0 Å². The summed E-state index contributed by atoms with van der Waals surface area (Å²) in [6.45, 7) is 4.00. The third-order valence-electron chi connectivity index (χ3n) is 5.32. The average Bonchev–Trinajstić information content (AvgIpc) is 2.72. The van der Waals surface area contributed by atoms with Crippen molar-refractivity contribution in [3.63, 3.8) is 0 Å². The van der Waals surface area contributed by atoms with E-state index in [-0.39, 0.29) is 17.7 Å². The third-order valence-corrected chi connectivity index (χ3v) is 5.32. The predicted octanol–water partition coefficient (Wildman–Crippen LogP) is 2.51. The molecule has 2 aromatic carbocycles. The normalized spacial score (nSPS) is 14.8. The van der Waals surface area contributed by atoms with Crippen molar-refractivity contribution >= 4 is 5.91 Å². The highest BCUT2D eigenvalue weighted by Crippen LogP contribution is 2.27. The molecule has 0 bridgehead atoms. The first-order chi connectivity index (χ1) is 13.5. The Morgan fingerprint density at radius 2 is 1.93 bits per heavy atom. The Kier molecular flexibility index (Phi) is 6.41. The molecule has 0 aliphatic carbocycles. The number of carbonyl (C=O) groups is 1. The first-order valence-electron chi connectivity index (χ1n) is 9.55. The topological polar surface area (TPSA) is 71.0 Å². The maximum absolute atomic E-state index is 12.6. The molecule has 6 nitrogen and oxygen atoms in total. The quantitative estimate of drug-likeness (QED) is 0.768. The summed E-state index contributed by atoms with van der Waals surface area (Å²) in [4.78, 5) is 14.7. The Labute approximate surface area is 166 Å². The molecular weight excluding hydrogens is 356 g/mol. The van der Waals surface area contributed by atoms with Gasteiger partial charge in [-0.3, -0.25) is 9.69 Å². The second kappa shape index (κ2) is 8.97. The number of hydrogen-bond donors (Lipinski definition) is 2. The van der Waals surface area contributed by atoms with Crippen LogP contribution >= 0.6 is 0 Å². The van der Waals surface area contributed by atoms with Gasteiger partial charge in [0.25, 0.3) is 0 Å². The minimum Gasteiger partial charge on any atom is -0.508 e. The first-order valence-corrected chi connectivity index (χ1v) is 9.55. The third kappa shape index (κ3) is 4.57. The number of nitrogens with zero attached hydrogens (tertiary/aromatic N) is 1. The zero-order valence-electron chi connectivity index (χ0n) is 16.7. The van der Waals surface area contributed by atoms with Crippen molar-refractivity contribution in [1.29, 1.82) is 0 Å². The van der Waals surface area contributed by atoms with Crippen LogP contribution in [0.5, 0.6) is 17.2 Å². The highest BCUT2D eigenvalue weighted by molar-refractivity contribution is 5.81. The number of ether oxygens (including phenoxy) is 2. The van der Waals surface area contributed by atoms with Gasteiger partial charge in [0, 0.05) is 19.6 Å². The van der Waals surface area contributed by atoms with Gasteiger partial charge < -0.3 is 19.9 Å². The molecule has 2 N–H and O–H groups in total.